The van der Waals surface area contributed by atoms with Crippen LogP contribution in [0.1, 0.15) is 11.4 Å². The van der Waals surface area contributed by atoms with Gasteiger partial charge in [0.1, 0.15) is 11.6 Å². The third-order valence-corrected chi connectivity index (χ3v) is 2.65. The van der Waals surface area contributed by atoms with Gasteiger partial charge in [-0.15, -0.1) is 11.6 Å². The molecule has 0 aliphatic heterocycles. The van der Waals surface area contributed by atoms with Gasteiger partial charge in [-0.1, -0.05) is 12.1 Å². The van der Waals surface area contributed by atoms with E-state index in [1.807, 2.05) is 0 Å². The lowest BCUT2D eigenvalue weighted by molar-refractivity contribution is 0.626. The molecule has 16 heavy (non-hydrogen) atoms. The van der Waals surface area contributed by atoms with Gasteiger partial charge in [0, 0.05) is 24.2 Å². The number of alkyl halides is 1. The zero-order valence-corrected chi connectivity index (χ0v) is 9.41. The number of nitrogens with zero attached hydrogens (tertiary/aromatic N) is 1. The van der Waals surface area contributed by atoms with E-state index in [-0.39, 0.29) is 11.2 Å². The largest absolute Gasteiger partial charge is 0.349 e. The van der Waals surface area contributed by atoms with Gasteiger partial charge in [0.15, 0.2) is 0 Å². The third kappa shape index (κ3) is 3.07. The molecular formula is C12H12ClFN2. The van der Waals surface area contributed by atoms with E-state index in [1.54, 1.807) is 24.5 Å². The van der Waals surface area contributed by atoms with Gasteiger partial charge in [-0.25, -0.2) is 9.37 Å². The molecule has 2 nitrogen and oxygen atoms in total. The van der Waals surface area contributed by atoms with Gasteiger partial charge < -0.3 is 4.98 Å². The Kier molecular flexibility index (Phi) is 3.57. The van der Waals surface area contributed by atoms with E-state index >= 15 is 0 Å². The molecule has 0 aliphatic carbocycles. The van der Waals surface area contributed by atoms with E-state index < -0.39 is 0 Å². The number of aromatic amines is 1. The van der Waals surface area contributed by atoms with Crippen LogP contribution < -0.4 is 0 Å². The molecule has 0 fully saturated rings. The summed E-state index contributed by atoms with van der Waals surface area (Å²) in [6.07, 6.45) is 4.88. The van der Waals surface area contributed by atoms with Crippen LogP contribution in [0.4, 0.5) is 4.39 Å². The Morgan fingerprint density at radius 1 is 1.25 bits per heavy atom. The van der Waals surface area contributed by atoms with E-state index in [0.29, 0.717) is 12.8 Å². The highest BCUT2D eigenvalue weighted by molar-refractivity contribution is 6.20. The first-order valence-electron chi connectivity index (χ1n) is 5.11. The lowest BCUT2D eigenvalue weighted by atomic mass is 10.1. The summed E-state index contributed by atoms with van der Waals surface area (Å²) in [7, 11) is 0. The molecule has 84 valence electrons. The minimum absolute atomic E-state index is 0.0309. The lowest BCUT2D eigenvalue weighted by Gasteiger charge is -2.07. The summed E-state index contributed by atoms with van der Waals surface area (Å²) >= 11 is 6.19. The van der Waals surface area contributed by atoms with Crippen molar-refractivity contribution in [1.82, 2.24) is 9.97 Å². The van der Waals surface area contributed by atoms with Crippen molar-refractivity contribution >= 4 is 11.6 Å². The summed E-state index contributed by atoms with van der Waals surface area (Å²) in [5.74, 6) is 0.656. The van der Waals surface area contributed by atoms with Crippen molar-refractivity contribution < 1.29 is 4.39 Å². The van der Waals surface area contributed by atoms with Crippen molar-refractivity contribution in [3.63, 3.8) is 0 Å². The van der Waals surface area contributed by atoms with Crippen LogP contribution in [0.2, 0.25) is 0 Å². The normalized spacial score (nSPS) is 12.6. The first-order chi connectivity index (χ1) is 7.74. The van der Waals surface area contributed by atoms with Crippen LogP contribution in [0.15, 0.2) is 36.7 Å². The van der Waals surface area contributed by atoms with Gasteiger partial charge in [0.2, 0.25) is 0 Å². The average Bonchev–Trinajstić information content (AvgIpc) is 2.74. The Balaban J connectivity index is 1.92. The Morgan fingerprint density at radius 3 is 2.62 bits per heavy atom. The standard InChI is InChI=1S/C12H12ClFN2/c13-10(8-12-15-5-6-16-12)7-9-1-3-11(14)4-2-9/h1-6,10H,7-8H2,(H,15,16). The summed E-state index contributed by atoms with van der Waals surface area (Å²) in [6.45, 7) is 0. The molecule has 1 N–H and O–H groups in total. The van der Waals surface area contributed by atoms with Crippen LogP contribution in [-0.2, 0) is 12.8 Å². The highest BCUT2D eigenvalue weighted by Crippen LogP contribution is 2.12. The van der Waals surface area contributed by atoms with Crippen LogP contribution in [0.5, 0.6) is 0 Å². The van der Waals surface area contributed by atoms with Crippen molar-refractivity contribution in [3.05, 3.63) is 53.9 Å². The fraction of sp³-hybridized carbons (Fsp3) is 0.250. The molecule has 0 saturated heterocycles. The fourth-order valence-electron chi connectivity index (χ4n) is 1.57. The summed E-state index contributed by atoms with van der Waals surface area (Å²) < 4.78 is 12.7. The molecule has 2 aromatic rings. The quantitative estimate of drug-likeness (QED) is 0.816. The molecule has 0 aliphatic rings. The van der Waals surface area contributed by atoms with Crippen molar-refractivity contribution in [2.24, 2.45) is 0 Å². The van der Waals surface area contributed by atoms with Crippen molar-refractivity contribution in [2.75, 3.05) is 0 Å². The van der Waals surface area contributed by atoms with Crippen LogP contribution >= 0.6 is 11.6 Å². The molecular weight excluding hydrogens is 227 g/mol. The number of nitrogens with one attached hydrogen (secondary N) is 1. The lowest BCUT2D eigenvalue weighted by Crippen LogP contribution is -2.08. The predicted octanol–water partition coefficient (Wildman–Crippen LogP) is 2.94. The van der Waals surface area contributed by atoms with Crippen molar-refractivity contribution in [3.8, 4) is 0 Å². The molecule has 0 radical (unpaired) electrons. The second-order valence-electron chi connectivity index (χ2n) is 3.67. The second-order valence-corrected chi connectivity index (χ2v) is 4.29. The molecule has 0 spiro atoms. The van der Waals surface area contributed by atoms with Crippen molar-refractivity contribution in [2.45, 2.75) is 18.2 Å². The van der Waals surface area contributed by atoms with Gasteiger partial charge in [-0.05, 0) is 24.1 Å². The number of hydrogen-bond acceptors (Lipinski definition) is 1. The number of aromatic nitrogens is 2. The van der Waals surface area contributed by atoms with Crippen LogP contribution in [-0.4, -0.2) is 15.3 Å². The molecule has 1 unspecified atom stereocenters. The maximum atomic E-state index is 12.7. The fourth-order valence-corrected chi connectivity index (χ4v) is 1.89. The number of hydrogen-bond donors (Lipinski definition) is 1. The van der Waals surface area contributed by atoms with E-state index in [4.69, 9.17) is 11.6 Å². The van der Waals surface area contributed by atoms with E-state index in [1.165, 1.54) is 12.1 Å². The van der Waals surface area contributed by atoms with Crippen LogP contribution in [0.3, 0.4) is 0 Å². The highest BCUT2D eigenvalue weighted by Gasteiger charge is 2.08. The van der Waals surface area contributed by atoms with E-state index in [0.717, 1.165) is 11.4 Å². The Hall–Kier alpha value is -1.35. The predicted molar refractivity (Wildman–Crippen MR) is 62.0 cm³/mol. The molecule has 0 saturated carbocycles. The van der Waals surface area contributed by atoms with Gasteiger partial charge in [-0.3, -0.25) is 0 Å². The Morgan fingerprint density at radius 2 is 2.00 bits per heavy atom. The first kappa shape index (κ1) is 11.1. The third-order valence-electron chi connectivity index (χ3n) is 2.34. The molecule has 1 aromatic heterocycles. The smallest absolute Gasteiger partial charge is 0.123 e. The summed E-state index contributed by atoms with van der Waals surface area (Å²) in [5, 5.41) is -0.0309. The molecule has 1 aromatic carbocycles. The molecule has 0 bridgehead atoms. The molecule has 0 amide bonds. The Bertz CT molecular complexity index is 425. The number of rotatable bonds is 4. The Labute approximate surface area is 98.5 Å². The van der Waals surface area contributed by atoms with Gasteiger partial charge in [-0.2, -0.15) is 0 Å². The molecule has 2 rings (SSSR count). The highest BCUT2D eigenvalue weighted by atomic mass is 35.5. The number of H-pyrrole nitrogens is 1. The monoisotopic (exact) mass is 238 g/mol. The first-order valence-corrected chi connectivity index (χ1v) is 5.54. The van der Waals surface area contributed by atoms with Crippen LogP contribution in [0.25, 0.3) is 0 Å². The molecule has 1 atom stereocenters. The topological polar surface area (TPSA) is 28.7 Å². The van der Waals surface area contributed by atoms with Gasteiger partial charge in [0.25, 0.3) is 0 Å². The maximum absolute atomic E-state index is 12.7. The maximum Gasteiger partial charge on any atom is 0.123 e. The summed E-state index contributed by atoms with van der Waals surface area (Å²) in [4.78, 5) is 7.12. The zero-order chi connectivity index (χ0) is 11.4. The van der Waals surface area contributed by atoms with E-state index in [9.17, 15) is 4.39 Å². The van der Waals surface area contributed by atoms with Gasteiger partial charge >= 0.3 is 0 Å². The van der Waals surface area contributed by atoms with Gasteiger partial charge in [0.05, 0.1) is 0 Å². The second kappa shape index (κ2) is 5.12. The summed E-state index contributed by atoms with van der Waals surface area (Å²) in [5.41, 5.74) is 1.04. The minimum Gasteiger partial charge on any atom is -0.349 e. The number of imidazole rings is 1. The molecule has 1 heterocycles. The minimum atomic E-state index is -0.221. The van der Waals surface area contributed by atoms with Crippen molar-refractivity contribution in [1.29, 1.82) is 0 Å². The zero-order valence-electron chi connectivity index (χ0n) is 8.66. The van der Waals surface area contributed by atoms with E-state index in [2.05, 4.69) is 9.97 Å². The van der Waals surface area contributed by atoms with Crippen LogP contribution in [0, 0.1) is 5.82 Å². The molecule has 4 heteroatoms. The SMILES string of the molecule is Fc1ccc(CC(Cl)Cc2ncc[nH]2)cc1. The number of benzene rings is 1. The average molecular weight is 239 g/mol. The summed E-state index contributed by atoms with van der Waals surface area (Å²) in [6, 6.07) is 6.41. The number of halogens is 2.